The number of sulfonamides is 1. The van der Waals surface area contributed by atoms with E-state index in [0.29, 0.717) is 6.42 Å². The van der Waals surface area contributed by atoms with E-state index in [-0.39, 0.29) is 9.20 Å². The van der Waals surface area contributed by atoms with E-state index in [1.165, 1.54) is 0 Å². The summed E-state index contributed by atoms with van der Waals surface area (Å²) in [6.07, 6.45) is 0.507. The van der Waals surface area contributed by atoms with Crippen LogP contribution in [-0.2, 0) is 10.0 Å². The first-order chi connectivity index (χ1) is 7.32. The molecule has 4 nitrogen and oxygen atoms in total. The first-order valence-electron chi connectivity index (χ1n) is 4.69. The van der Waals surface area contributed by atoms with Crippen molar-refractivity contribution in [2.75, 3.05) is 0 Å². The van der Waals surface area contributed by atoms with Crippen LogP contribution in [0.5, 0.6) is 0 Å². The Balaban J connectivity index is 3.01. The van der Waals surface area contributed by atoms with Crippen molar-refractivity contribution in [1.29, 1.82) is 0 Å². The molecule has 3 N–H and O–H groups in total. The Morgan fingerprint density at radius 3 is 2.69 bits per heavy atom. The van der Waals surface area contributed by atoms with Crippen molar-refractivity contribution < 1.29 is 8.42 Å². The SMILES string of the molecule is CCC(C)(NS(=O)(=O)c1cccs1)C(N)=S. The summed E-state index contributed by atoms with van der Waals surface area (Å²) in [7, 11) is -3.53. The van der Waals surface area contributed by atoms with Gasteiger partial charge in [-0.3, -0.25) is 0 Å². The molecule has 1 unspecified atom stereocenters. The number of thiocarbonyl (C=S) groups is 1. The molecule has 1 atom stereocenters. The van der Waals surface area contributed by atoms with Gasteiger partial charge in [-0.1, -0.05) is 25.2 Å². The molecule has 1 aromatic heterocycles. The minimum absolute atomic E-state index is 0.148. The van der Waals surface area contributed by atoms with Gasteiger partial charge in [0.2, 0.25) is 0 Å². The average molecular weight is 278 g/mol. The second-order valence-corrected chi connectivity index (χ2v) is 6.88. The van der Waals surface area contributed by atoms with Gasteiger partial charge in [0.25, 0.3) is 10.0 Å². The van der Waals surface area contributed by atoms with Crippen molar-refractivity contribution in [2.45, 2.75) is 30.0 Å². The Hall–Kier alpha value is -0.500. The lowest BCUT2D eigenvalue weighted by Gasteiger charge is -2.27. The largest absolute Gasteiger partial charge is 0.392 e. The predicted molar refractivity (Wildman–Crippen MR) is 70.1 cm³/mol. The molecule has 1 aromatic rings. The van der Waals surface area contributed by atoms with Crippen LogP contribution >= 0.6 is 23.6 Å². The maximum atomic E-state index is 12.0. The third-order valence-corrected chi connectivity index (χ3v) is 5.81. The molecule has 1 heterocycles. The first-order valence-corrected chi connectivity index (χ1v) is 7.46. The van der Waals surface area contributed by atoms with Crippen LogP contribution in [0.25, 0.3) is 0 Å². The summed E-state index contributed by atoms with van der Waals surface area (Å²) < 4.78 is 26.7. The Morgan fingerprint density at radius 1 is 1.69 bits per heavy atom. The fourth-order valence-corrected chi connectivity index (χ4v) is 3.77. The Bertz CT molecular complexity index is 467. The number of rotatable bonds is 5. The van der Waals surface area contributed by atoms with Crippen LogP contribution in [0, 0.1) is 0 Å². The molecule has 0 aliphatic carbocycles. The molecule has 0 saturated heterocycles. The molecule has 7 heteroatoms. The molecule has 0 bridgehead atoms. The second kappa shape index (κ2) is 4.79. The van der Waals surface area contributed by atoms with E-state index < -0.39 is 15.6 Å². The molecule has 1 rings (SSSR count). The Labute approximate surface area is 105 Å². The van der Waals surface area contributed by atoms with Gasteiger partial charge in [-0.25, -0.2) is 8.42 Å². The van der Waals surface area contributed by atoms with Gasteiger partial charge >= 0.3 is 0 Å². The van der Waals surface area contributed by atoms with E-state index in [1.54, 1.807) is 24.4 Å². The molecular weight excluding hydrogens is 264 g/mol. The third-order valence-electron chi connectivity index (χ3n) is 2.37. The third kappa shape index (κ3) is 2.79. The highest BCUT2D eigenvalue weighted by molar-refractivity contribution is 7.91. The number of nitrogens with one attached hydrogen (secondary N) is 1. The molecule has 90 valence electrons. The topological polar surface area (TPSA) is 72.2 Å². The van der Waals surface area contributed by atoms with Crippen LogP contribution in [0.1, 0.15) is 20.3 Å². The van der Waals surface area contributed by atoms with Gasteiger partial charge < -0.3 is 5.73 Å². The average Bonchev–Trinajstić information content (AvgIpc) is 2.70. The predicted octanol–water partition coefficient (Wildman–Crippen LogP) is 1.48. The lowest BCUT2D eigenvalue weighted by molar-refractivity contribution is 0.513. The normalized spacial score (nSPS) is 15.6. The molecule has 0 saturated carbocycles. The zero-order valence-electron chi connectivity index (χ0n) is 9.06. The molecule has 0 spiro atoms. The molecule has 0 aliphatic heterocycles. The van der Waals surface area contributed by atoms with E-state index in [9.17, 15) is 8.42 Å². The van der Waals surface area contributed by atoms with Crippen LogP contribution in [0.3, 0.4) is 0 Å². The highest BCUT2D eigenvalue weighted by Gasteiger charge is 2.32. The second-order valence-electron chi connectivity index (χ2n) is 3.59. The standard InChI is InChI=1S/C9H14N2O2S3/c1-3-9(2,8(10)14)11-16(12,13)7-5-4-6-15-7/h4-6,11H,3H2,1-2H3,(H2,10,14). The molecule has 0 aliphatic rings. The quantitative estimate of drug-likeness (QED) is 0.800. The summed E-state index contributed by atoms with van der Waals surface area (Å²) in [6, 6.07) is 3.23. The summed E-state index contributed by atoms with van der Waals surface area (Å²) in [5, 5.41) is 1.71. The highest BCUT2D eigenvalue weighted by atomic mass is 32.2. The van der Waals surface area contributed by atoms with Crippen molar-refractivity contribution in [3.05, 3.63) is 17.5 Å². The van der Waals surface area contributed by atoms with Crippen LogP contribution in [-0.4, -0.2) is 18.9 Å². The van der Waals surface area contributed by atoms with Crippen LogP contribution in [0.4, 0.5) is 0 Å². The Morgan fingerprint density at radius 2 is 2.31 bits per heavy atom. The molecular formula is C9H14N2O2S3. The summed E-state index contributed by atoms with van der Waals surface area (Å²) in [5.41, 5.74) is 4.67. The van der Waals surface area contributed by atoms with Gasteiger partial charge in [0.15, 0.2) is 0 Å². The maximum Gasteiger partial charge on any atom is 0.250 e. The van der Waals surface area contributed by atoms with Gasteiger partial charge in [0.1, 0.15) is 4.21 Å². The van der Waals surface area contributed by atoms with E-state index in [1.807, 2.05) is 6.92 Å². The molecule has 0 fully saturated rings. The van der Waals surface area contributed by atoms with Gasteiger partial charge in [0.05, 0.1) is 10.5 Å². The minimum Gasteiger partial charge on any atom is -0.392 e. The monoisotopic (exact) mass is 278 g/mol. The lowest BCUT2D eigenvalue weighted by Crippen LogP contribution is -2.53. The zero-order chi connectivity index (χ0) is 12.4. The number of nitrogens with two attached hydrogens (primary N) is 1. The van der Waals surface area contributed by atoms with Gasteiger partial charge in [-0.2, -0.15) is 4.72 Å². The Kier molecular flexibility index (Phi) is 4.06. The smallest absolute Gasteiger partial charge is 0.250 e. The molecule has 0 aromatic carbocycles. The van der Waals surface area contributed by atoms with Crippen molar-refractivity contribution in [2.24, 2.45) is 5.73 Å². The van der Waals surface area contributed by atoms with Crippen LogP contribution in [0.2, 0.25) is 0 Å². The zero-order valence-corrected chi connectivity index (χ0v) is 11.5. The van der Waals surface area contributed by atoms with E-state index >= 15 is 0 Å². The maximum absolute atomic E-state index is 12.0. The number of hydrogen-bond acceptors (Lipinski definition) is 4. The lowest BCUT2D eigenvalue weighted by atomic mass is 10.0. The van der Waals surface area contributed by atoms with Crippen molar-refractivity contribution in [3.8, 4) is 0 Å². The summed E-state index contributed by atoms with van der Waals surface area (Å²) >= 11 is 6.04. The molecule has 0 radical (unpaired) electrons. The van der Waals surface area contributed by atoms with Crippen molar-refractivity contribution in [1.82, 2.24) is 4.72 Å². The van der Waals surface area contributed by atoms with Crippen molar-refractivity contribution >= 4 is 38.6 Å². The fourth-order valence-electron chi connectivity index (χ4n) is 1.06. The van der Waals surface area contributed by atoms with Crippen LogP contribution < -0.4 is 10.5 Å². The molecule has 16 heavy (non-hydrogen) atoms. The number of thiophene rings is 1. The first kappa shape index (κ1) is 13.6. The highest BCUT2D eigenvalue weighted by Crippen LogP contribution is 2.20. The van der Waals surface area contributed by atoms with Crippen molar-refractivity contribution in [3.63, 3.8) is 0 Å². The van der Waals surface area contributed by atoms with E-state index in [4.69, 9.17) is 18.0 Å². The number of hydrogen-bond donors (Lipinski definition) is 2. The summed E-state index contributed by atoms with van der Waals surface area (Å²) in [5.74, 6) is 0. The van der Waals surface area contributed by atoms with E-state index in [0.717, 1.165) is 11.3 Å². The molecule has 0 amide bonds. The van der Waals surface area contributed by atoms with Gasteiger partial charge in [-0.05, 0) is 24.8 Å². The van der Waals surface area contributed by atoms with Gasteiger partial charge in [0, 0.05) is 0 Å². The van der Waals surface area contributed by atoms with Gasteiger partial charge in [-0.15, -0.1) is 11.3 Å². The minimum atomic E-state index is -3.53. The summed E-state index contributed by atoms with van der Waals surface area (Å²) in [4.78, 5) is 0.148. The van der Waals surface area contributed by atoms with Crippen LogP contribution in [0.15, 0.2) is 21.7 Å². The summed E-state index contributed by atoms with van der Waals surface area (Å²) in [6.45, 7) is 3.51. The van der Waals surface area contributed by atoms with E-state index in [2.05, 4.69) is 4.72 Å². The fraction of sp³-hybridized carbons (Fsp3) is 0.444.